The zero-order valence-electron chi connectivity index (χ0n) is 10.1. The largest absolute Gasteiger partial charge is 0.478 e. The molecule has 0 aromatic carbocycles. The minimum atomic E-state index is -1.13. The van der Waals surface area contributed by atoms with Crippen LogP contribution in [0.5, 0.6) is 0 Å². The van der Waals surface area contributed by atoms with Crippen LogP contribution < -0.4 is 0 Å². The molecule has 0 saturated heterocycles. The Morgan fingerprint density at radius 1 is 1.39 bits per heavy atom. The first-order valence-corrected chi connectivity index (χ1v) is 5.72. The van der Waals surface area contributed by atoms with E-state index in [1.807, 2.05) is 6.92 Å². The van der Waals surface area contributed by atoms with E-state index in [1.54, 1.807) is 4.90 Å². The number of amides is 1. The molecule has 1 aliphatic heterocycles. The molecule has 5 heteroatoms. The van der Waals surface area contributed by atoms with Crippen molar-refractivity contribution in [3.05, 3.63) is 41.2 Å². The van der Waals surface area contributed by atoms with Crippen molar-refractivity contribution < 1.29 is 14.7 Å². The van der Waals surface area contributed by atoms with Gasteiger partial charge in [0.1, 0.15) is 0 Å². The van der Waals surface area contributed by atoms with Gasteiger partial charge in [0.25, 0.3) is 5.91 Å². The quantitative estimate of drug-likeness (QED) is 0.804. The highest BCUT2D eigenvalue weighted by atomic mass is 16.4. The Kier molecular flexibility index (Phi) is 3.41. The van der Waals surface area contributed by atoms with Crippen LogP contribution in [0.1, 0.15) is 34.1 Å². The Labute approximate surface area is 105 Å². The number of hydrogen-bond donors (Lipinski definition) is 1. The molecule has 5 nitrogen and oxygen atoms in total. The molecule has 1 aliphatic rings. The summed E-state index contributed by atoms with van der Waals surface area (Å²) in [5, 5.41) is 9.04. The highest BCUT2D eigenvalue weighted by molar-refractivity contribution is 6.04. The maximum absolute atomic E-state index is 12.3. The van der Waals surface area contributed by atoms with Gasteiger partial charge in [-0.2, -0.15) is 0 Å². The first-order valence-electron chi connectivity index (χ1n) is 5.72. The summed E-state index contributed by atoms with van der Waals surface area (Å²) in [6.45, 7) is 3.14. The Morgan fingerprint density at radius 3 is 2.83 bits per heavy atom. The van der Waals surface area contributed by atoms with Crippen LogP contribution in [0.15, 0.2) is 30.1 Å². The Balaban J connectivity index is 2.29. The average Bonchev–Trinajstić information content (AvgIpc) is 2.38. The Hall–Kier alpha value is -2.17. The van der Waals surface area contributed by atoms with E-state index in [0.717, 1.165) is 12.0 Å². The molecule has 1 aromatic rings. The van der Waals surface area contributed by atoms with Crippen LogP contribution in [0.3, 0.4) is 0 Å². The normalized spacial score (nSPS) is 15.2. The lowest BCUT2D eigenvalue weighted by Crippen LogP contribution is -2.36. The van der Waals surface area contributed by atoms with Crippen LogP contribution in [-0.4, -0.2) is 40.0 Å². The van der Waals surface area contributed by atoms with Crippen LogP contribution in [0, 0.1) is 0 Å². The monoisotopic (exact) mass is 246 g/mol. The maximum atomic E-state index is 12.3. The third kappa shape index (κ3) is 2.40. The van der Waals surface area contributed by atoms with E-state index < -0.39 is 5.97 Å². The zero-order valence-corrected chi connectivity index (χ0v) is 10.1. The SMILES string of the molecule is CC1=CCCN(C(=O)c2ccncc2C(=O)O)C1. The lowest BCUT2D eigenvalue weighted by atomic mass is 10.1. The molecular formula is C13H14N2O3. The van der Waals surface area contributed by atoms with Gasteiger partial charge in [-0.1, -0.05) is 11.6 Å². The minimum absolute atomic E-state index is 0.0466. The fourth-order valence-corrected chi connectivity index (χ4v) is 2.01. The molecule has 0 fully saturated rings. The topological polar surface area (TPSA) is 70.5 Å². The molecule has 0 radical (unpaired) electrons. The van der Waals surface area contributed by atoms with E-state index in [2.05, 4.69) is 11.1 Å². The second-order valence-electron chi connectivity index (χ2n) is 4.29. The molecule has 0 bridgehead atoms. The number of carbonyl (C=O) groups is 2. The smallest absolute Gasteiger partial charge is 0.338 e. The molecule has 2 heterocycles. The number of aromatic nitrogens is 1. The molecule has 1 aromatic heterocycles. The molecule has 0 spiro atoms. The van der Waals surface area contributed by atoms with Gasteiger partial charge in [-0.05, 0) is 19.4 Å². The summed E-state index contributed by atoms with van der Waals surface area (Å²) in [6, 6.07) is 1.46. The first kappa shape index (κ1) is 12.3. The summed E-state index contributed by atoms with van der Waals surface area (Å²) in [4.78, 5) is 28.7. The van der Waals surface area contributed by atoms with Gasteiger partial charge in [-0.3, -0.25) is 9.78 Å². The summed E-state index contributed by atoms with van der Waals surface area (Å²) in [5.41, 5.74) is 1.28. The van der Waals surface area contributed by atoms with Gasteiger partial charge >= 0.3 is 5.97 Å². The lowest BCUT2D eigenvalue weighted by molar-refractivity contribution is 0.0676. The predicted molar refractivity (Wildman–Crippen MR) is 65.5 cm³/mol. The minimum Gasteiger partial charge on any atom is -0.478 e. The van der Waals surface area contributed by atoms with Gasteiger partial charge in [0.05, 0.1) is 11.1 Å². The first-order chi connectivity index (χ1) is 8.59. The number of aromatic carboxylic acids is 1. The van der Waals surface area contributed by atoms with Gasteiger partial charge < -0.3 is 10.0 Å². The molecule has 1 amide bonds. The van der Waals surface area contributed by atoms with Gasteiger partial charge in [-0.25, -0.2) is 4.79 Å². The second-order valence-corrected chi connectivity index (χ2v) is 4.29. The summed E-state index contributed by atoms with van der Waals surface area (Å²) >= 11 is 0. The van der Waals surface area contributed by atoms with Crippen molar-refractivity contribution in [2.45, 2.75) is 13.3 Å². The number of pyridine rings is 1. The average molecular weight is 246 g/mol. The Bertz CT molecular complexity index is 523. The van der Waals surface area contributed by atoms with Crippen molar-refractivity contribution in [2.75, 3.05) is 13.1 Å². The highest BCUT2D eigenvalue weighted by Gasteiger charge is 2.22. The van der Waals surface area contributed by atoms with Crippen LogP contribution in [0.2, 0.25) is 0 Å². The predicted octanol–water partition coefficient (Wildman–Crippen LogP) is 1.57. The molecule has 0 unspecified atom stereocenters. The standard InChI is InChI=1S/C13H14N2O3/c1-9-3-2-6-15(8-9)12(16)10-4-5-14-7-11(10)13(17)18/h3-5,7H,2,6,8H2,1H3,(H,17,18). The number of carboxylic acids is 1. The summed E-state index contributed by atoms with van der Waals surface area (Å²) in [5.74, 6) is -1.38. The third-order valence-corrected chi connectivity index (χ3v) is 2.90. The molecule has 94 valence electrons. The number of hydrogen-bond acceptors (Lipinski definition) is 3. The fraction of sp³-hybridized carbons (Fsp3) is 0.308. The van der Waals surface area contributed by atoms with Crippen molar-refractivity contribution in [1.82, 2.24) is 9.88 Å². The van der Waals surface area contributed by atoms with Gasteiger partial charge in [0.2, 0.25) is 0 Å². The molecule has 18 heavy (non-hydrogen) atoms. The number of rotatable bonds is 2. The number of carboxylic acid groups (broad SMARTS) is 1. The van der Waals surface area contributed by atoms with Crippen LogP contribution in [0.25, 0.3) is 0 Å². The molecule has 1 N–H and O–H groups in total. The van der Waals surface area contributed by atoms with Crippen molar-refractivity contribution in [1.29, 1.82) is 0 Å². The van der Waals surface area contributed by atoms with E-state index in [0.29, 0.717) is 13.1 Å². The maximum Gasteiger partial charge on any atom is 0.338 e. The van der Waals surface area contributed by atoms with Gasteiger partial charge in [0.15, 0.2) is 0 Å². The molecule has 0 aliphatic carbocycles. The molecular weight excluding hydrogens is 232 g/mol. The summed E-state index contributed by atoms with van der Waals surface area (Å²) < 4.78 is 0. The zero-order chi connectivity index (χ0) is 13.1. The van der Waals surface area contributed by atoms with Crippen LogP contribution in [-0.2, 0) is 0 Å². The van der Waals surface area contributed by atoms with E-state index in [-0.39, 0.29) is 17.0 Å². The van der Waals surface area contributed by atoms with E-state index in [9.17, 15) is 9.59 Å². The number of nitrogens with zero attached hydrogens (tertiary/aromatic N) is 2. The fourth-order valence-electron chi connectivity index (χ4n) is 2.01. The summed E-state index contributed by atoms with van der Waals surface area (Å²) in [7, 11) is 0. The third-order valence-electron chi connectivity index (χ3n) is 2.90. The lowest BCUT2D eigenvalue weighted by Gasteiger charge is -2.26. The van der Waals surface area contributed by atoms with E-state index >= 15 is 0 Å². The van der Waals surface area contributed by atoms with Gasteiger partial charge in [-0.15, -0.1) is 0 Å². The van der Waals surface area contributed by atoms with Crippen molar-refractivity contribution in [2.24, 2.45) is 0 Å². The van der Waals surface area contributed by atoms with E-state index in [1.165, 1.54) is 18.5 Å². The van der Waals surface area contributed by atoms with Crippen LogP contribution in [0.4, 0.5) is 0 Å². The molecule has 0 saturated carbocycles. The number of carbonyl (C=O) groups excluding carboxylic acids is 1. The summed E-state index contributed by atoms with van der Waals surface area (Å²) in [6.07, 6.45) is 5.55. The van der Waals surface area contributed by atoms with Crippen molar-refractivity contribution >= 4 is 11.9 Å². The highest BCUT2D eigenvalue weighted by Crippen LogP contribution is 2.15. The van der Waals surface area contributed by atoms with Gasteiger partial charge in [0, 0.05) is 25.5 Å². The van der Waals surface area contributed by atoms with Crippen LogP contribution >= 0.6 is 0 Å². The second kappa shape index (κ2) is 5.00. The van der Waals surface area contributed by atoms with Crippen molar-refractivity contribution in [3.63, 3.8) is 0 Å². The molecule has 2 rings (SSSR count). The molecule has 0 atom stereocenters. The van der Waals surface area contributed by atoms with E-state index in [4.69, 9.17) is 5.11 Å². The van der Waals surface area contributed by atoms with Crippen molar-refractivity contribution in [3.8, 4) is 0 Å². The Morgan fingerprint density at radius 2 is 2.17 bits per heavy atom.